The SMILES string of the molecule is CC(C)c1ccc(NCCC(=O)NCc2ccc(Cl)cc2)cc1. The average Bonchev–Trinajstić information content (AvgIpc) is 2.55. The van der Waals surface area contributed by atoms with Crippen LogP contribution in [0, 0.1) is 0 Å². The summed E-state index contributed by atoms with van der Waals surface area (Å²) in [5.41, 5.74) is 3.40. The van der Waals surface area contributed by atoms with Crippen molar-refractivity contribution in [3.63, 3.8) is 0 Å². The van der Waals surface area contributed by atoms with Crippen molar-refractivity contribution in [2.24, 2.45) is 0 Å². The van der Waals surface area contributed by atoms with Crippen molar-refractivity contribution in [2.75, 3.05) is 11.9 Å². The van der Waals surface area contributed by atoms with E-state index in [1.54, 1.807) is 0 Å². The van der Waals surface area contributed by atoms with Gasteiger partial charge in [-0.15, -0.1) is 0 Å². The first-order chi connectivity index (χ1) is 11.0. The van der Waals surface area contributed by atoms with Crippen LogP contribution in [-0.2, 0) is 11.3 Å². The lowest BCUT2D eigenvalue weighted by molar-refractivity contribution is -0.121. The molecule has 0 aliphatic heterocycles. The second-order valence-corrected chi connectivity index (χ2v) is 6.29. The van der Waals surface area contributed by atoms with Gasteiger partial charge in [-0.1, -0.05) is 49.7 Å². The van der Waals surface area contributed by atoms with E-state index in [1.807, 2.05) is 24.3 Å². The molecule has 0 spiro atoms. The van der Waals surface area contributed by atoms with Gasteiger partial charge in [0, 0.05) is 30.2 Å². The van der Waals surface area contributed by atoms with E-state index in [1.165, 1.54) is 5.56 Å². The van der Waals surface area contributed by atoms with E-state index in [0.29, 0.717) is 30.5 Å². The first kappa shape index (κ1) is 17.4. The van der Waals surface area contributed by atoms with Crippen molar-refractivity contribution in [1.29, 1.82) is 0 Å². The van der Waals surface area contributed by atoms with Gasteiger partial charge in [-0.25, -0.2) is 0 Å². The van der Waals surface area contributed by atoms with Gasteiger partial charge in [0.05, 0.1) is 0 Å². The predicted octanol–water partition coefficient (Wildman–Crippen LogP) is 4.58. The summed E-state index contributed by atoms with van der Waals surface area (Å²) in [5.74, 6) is 0.564. The molecule has 2 aromatic carbocycles. The number of benzene rings is 2. The van der Waals surface area contributed by atoms with Crippen molar-refractivity contribution >= 4 is 23.2 Å². The highest BCUT2D eigenvalue weighted by atomic mass is 35.5. The molecule has 2 aromatic rings. The molecule has 0 saturated heterocycles. The molecule has 0 unspecified atom stereocenters. The fraction of sp³-hybridized carbons (Fsp3) is 0.316. The van der Waals surface area contributed by atoms with Crippen molar-refractivity contribution in [1.82, 2.24) is 5.32 Å². The average molecular weight is 331 g/mol. The van der Waals surface area contributed by atoms with Crippen molar-refractivity contribution in [2.45, 2.75) is 32.7 Å². The zero-order valence-electron chi connectivity index (χ0n) is 13.6. The van der Waals surface area contributed by atoms with Crippen LogP contribution in [0.25, 0.3) is 0 Å². The summed E-state index contributed by atoms with van der Waals surface area (Å²) in [6, 6.07) is 15.8. The van der Waals surface area contributed by atoms with E-state index in [4.69, 9.17) is 11.6 Å². The minimum Gasteiger partial charge on any atom is -0.385 e. The van der Waals surface area contributed by atoms with Crippen LogP contribution >= 0.6 is 11.6 Å². The highest BCUT2D eigenvalue weighted by Crippen LogP contribution is 2.17. The van der Waals surface area contributed by atoms with Gasteiger partial charge in [0.15, 0.2) is 0 Å². The van der Waals surface area contributed by atoms with Crippen molar-refractivity contribution in [3.05, 3.63) is 64.7 Å². The summed E-state index contributed by atoms with van der Waals surface area (Å²) in [5, 5.41) is 6.88. The molecule has 1 amide bonds. The van der Waals surface area contributed by atoms with Crippen LogP contribution in [0.15, 0.2) is 48.5 Å². The second kappa shape index (κ2) is 8.59. The standard InChI is InChI=1S/C19H23ClN2O/c1-14(2)16-5-9-18(10-6-16)21-12-11-19(23)22-13-15-3-7-17(20)8-4-15/h3-10,14,21H,11-13H2,1-2H3,(H,22,23). The van der Waals surface area contributed by atoms with E-state index >= 15 is 0 Å². The molecule has 3 nitrogen and oxygen atoms in total. The number of hydrogen-bond donors (Lipinski definition) is 2. The summed E-state index contributed by atoms with van der Waals surface area (Å²) < 4.78 is 0. The first-order valence-electron chi connectivity index (χ1n) is 7.89. The Morgan fingerprint density at radius 1 is 1.04 bits per heavy atom. The number of rotatable bonds is 7. The number of carbonyl (C=O) groups excluding carboxylic acids is 1. The fourth-order valence-corrected chi connectivity index (χ4v) is 2.32. The van der Waals surface area contributed by atoms with Crippen molar-refractivity contribution < 1.29 is 4.79 Å². The highest BCUT2D eigenvalue weighted by Gasteiger charge is 2.02. The molecule has 0 fully saturated rings. The smallest absolute Gasteiger partial charge is 0.222 e. The summed E-state index contributed by atoms with van der Waals surface area (Å²) in [4.78, 5) is 11.8. The van der Waals surface area contributed by atoms with E-state index < -0.39 is 0 Å². The van der Waals surface area contributed by atoms with Gasteiger partial charge in [0.2, 0.25) is 5.91 Å². The molecule has 0 saturated carbocycles. The third-order valence-corrected chi connectivity index (χ3v) is 3.91. The molecule has 0 atom stereocenters. The fourth-order valence-electron chi connectivity index (χ4n) is 2.20. The molecule has 0 aromatic heterocycles. The predicted molar refractivity (Wildman–Crippen MR) is 96.9 cm³/mol. The van der Waals surface area contributed by atoms with Gasteiger partial charge >= 0.3 is 0 Å². The second-order valence-electron chi connectivity index (χ2n) is 5.86. The van der Waals surface area contributed by atoms with Gasteiger partial charge in [-0.05, 0) is 41.3 Å². The maximum atomic E-state index is 11.8. The molecule has 0 bridgehead atoms. The molecule has 2 N–H and O–H groups in total. The van der Waals surface area contributed by atoms with Gasteiger partial charge in [-0.3, -0.25) is 4.79 Å². The lowest BCUT2D eigenvalue weighted by atomic mass is 10.0. The quantitative estimate of drug-likeness (QED) is 0.780. The Balaban J connectivity index is 1.69. The number of halogens is 1. The molecular formula is C19H23ClN2O. The molecule has 0 aliphatic rings. The van der Waals surface area contributed by atoms with Crippen LogP contribution in [0.1, 0.15) is 37.3 Å². The minimum atomic E-state index is 0.0336. The van der Waals surface area contributed by atoms with E-state index in [0.717, 1.165) is 11.3 Å². The van der Waals surface area contributed by atoms with Crippen molar-refractivity contribution in [3.8, 4) is 0 Å². The number of nitrogens with one attached hydrogen (secondary N) is 2. The molecule has 0 aliphatic carbocycles. The van der Waals surface area contributed by atoms with Crippen LogP contribution in [0.3, 0.4) is 0 Å². The molecule has 0 radical (unpaired) electrons. The van der Waals surface area contributed by atoms with Crippen LogP contribution in [-0.4, -0.2) is 12.5 Å². The Bertz CT molecular complexity index is 621. The van der Waals surface area contributed by atoms with E-state index in [-0.39, 0.29) is 5.91 Å². The Labute approximate surface area is 143 Å². The van der Waals surface area contributed by atoms with Crippen LogP contribution < -0.4 is 10.6 Å². The number of amides is 1. The largest absolute Gasteiger partial charge is 0.385 e. The summed E-state index contributed by atoms with van der Waals surface area (Å²) in [7, 11) is 0. The van der Waals surface area contributed by atoms with Crippen LogP contribution in [0.5, 0.6) is 0 Å². The zero-order chi connectivity index (χ0) is 16.7. The maximum Gasteiger partial charge on any atom is 0.222 e. The van der Waals surface area contributed by atoms with Gasteiger partial charge < -0.3 is 10.6 Å². The molecule has 4 heteroatoms. The molecule has 122 valence electrons. The number of anilines is 1. The third-order valence-electron chi connectivity index (χ3n) is 3.66. The van der Waals surface area contributed by atoms with E-state index in [2.05, 4.69) is 48.7 Å². The lowest BCUT2D eigenvalue weighted by Gasteiger charge is -2.10. The Hall–Kier alpha value is -2.00. The molecule has 23 heavy (non-hydrogen) atoms. The molecule has 0 heterocycles. The Morgan fingerprint density at radius 3 is 2.30 bits per heavy atom. The highest BCUT2D eigenvalue weighted by molar-refractivity contribution is 6.30. The molecule has 2 rings (SSSR count). The Kier molecular flexibility index (Phi) is 6.48. The zero-order valence-corrected chi connectivity index (χ0v) is 14.4. The summed E-state index contributed by atoms with van der Waals surface area (Å²) in [6.45, 7) is 5.49. The van der Waals surface area contributed by atoms with Gasteiger partial charge in [0.1, 0.15) is 0 Å². The van der Waals surface area contributed by atoms with Crippen LogP contribution in [0.4, 0.5) is 5.69 Å². The summed E-state index contributed by atoms with van der Waals surface area (Å²) >= 11 is 5.83. The molecular weight excluding hydrogens is 308 g/mol. The minimum absolute atomic E-state index is 0.0336. The van der Waals surface area contributed by atoms with E-state index in [9.17, 15) is 4.79 Å². The normalized spacial score (nSPS) is 10.6. The number of hydrogen-bond acceptors (Lipinski definition) is 2. The maximum absolute atomic E-state index is 11.8. The first-order valence-corrected chi connectivity index (χ1v) is 8.27. The third kappa shape index (κ3) is 5.95. The lowest BCUT2D eigenvalue weighted by Crippen LogP contribution is -2.24. The monoisotopic (exact) mass is 330 g/mol. The Morgan fingerprint density at radius 2 is 1.70 bits per heavy atom. The summed E-state index contributed by atoms with van der Waals surface area (Å²) in [6.07, 6.45) is 0.444. The van der Waals surface area contributed by atoms with Gasteiger partial charge in [-0.2, -0.15) is 0 Å². The number of carbonyl (C=O) groups is 1. The topological polar surface area (TPSA) is 41.1 Å². The van der Waals surface area contributed by atoms with Crippen LogP contribution in [0.2, 0.25) is 5.02 Å². The van der Waals surface area contributed by atoms with Gasteiger partial charge in [0.25, 0.3) is 0 Å².